The minimum absolute atomic E-state index is 0.320. The molecule has 0 spiro atoms. The van der Waals surface area contributed by atoms with Gasteiger partial charge in [-0.3, -0.25) is 0 Å². The predicted octanol–water partition coefficient (Wildman–Crippen LogP) is 13.9. The first-order chi connectivity index (χ1) is 25.6. The third-order valence-electron chi connectivity index (χ3n) is 10.8. The highest BCUT2D eigenvalue weighted by molar-refractivity contribution is 6.03. The highest BCUT2D eigenvalue weighted by atomic mass is 16.5. The Morgan fingerprint density at radius 3 is 1.88 bits per heavy atom. The van der Waals surface area contributed by atoms with Crippen LogP contribution >= 0.6 is 0 Å². The summed E-state index contributed by atoms with van der Waals surface area (Å²) in [7, 11) is 0. The van der Waals surface area contributed by atoms with E-state index in [2.05, 4.69) is 206 Å². The van der Waals surface area contributed by atoms with Crippen LogP contribution in [0.3, 0.4) is 0 Å². The Hall–Kier alpha value is -6.58. The smallest absolute Gasteiger partial charge is 0.152 e. The lowest BCUT2D eigenvalue weighted by Crippen LogP contribution is -2.32. The molecule has 0 bridgehead atoms. The van der Waals surface area contributed by atoms with Crippen LogP contribution in [0.2, 0.25) is 0 Å². The van der Waals surface area contributed by atoms with Crippen molar-refractivity contribution in [3.05, 3.63) is 193 Å². The van der Waals surface area contributed by atoms with E-state index in [1.165, 1.54) is 33.0 Å². The molecule has 0 aromatic heterocycles. The highest BCUT2D eigenvalue weighted by Gasteiger charge is 2.42. The van der Waals surface area contributed by atoms with E-state index in [0.717, 1.165) is 56.8 Å². The van der Waals surface area contributed by atoms with Crippen LogP contribution < -0.4 is 14.5 Å². The van der Waals surface area contributed by atoms with Crippen molar-refractivity contribution in [2.45, 2.75) is 19.3 Å². The summed E-state index contributed by atoms with van der Waals surface area (Å²) < 4.78 is 6.72. The third-order valence-corrected chi connectivity index (χ3v) is 10.8. The number of rotatable bonds is 5. The van der Waals surface area contributed by atoms with E-state index in [1.54, 1.807) is 0 Å². The van der Waals surface area contributed by atoms with Crippen molar-refractivity contribution < 1.29 is 4.74 Å². The summed E-state index contributed by atoms with van der Waals surface area (Å²) in [5.74, 6) is 1.74. The summed E-state index contributed by atoms with van der Waals surface area (Å²) in [6.45, 7) is 4.70. The highest BCUT2D eigenvalue weighted by Crippen LogP contribution is 2.62. The second kappa shape index (κ2) is 11.8. The van der Waals surface area contributed by atoms with E-state index in [-0.39, 0.29) is 5.41 Å². The molecule has 3 nitrogen and oxygen atoms in total. The Labute approximate surface area is 304 Å². The molecule has 0 aliphatic carbocycles. The Morgan fingerprint density at radius 2 is 1.08 bits per heavy atom. The topological polar surface area (TPSA) is 15.7 Å². The number of nitrogens with zero attached hydrogens (tertiary/aromatic N) is 2. The van der Waals surface area contributed by atoms with Gasteiger partial charge in [-0.25, -0.2) is 0 Å². The van der Waals surface area contributed by atoms with E-state index >= 15 is 0 Å². The maximum absolute atomic E-state index is 6.72. The Balaban J connectivity index is 1.24. The SMILES string of the molecule is CC1(C)c2cc(N(c3ccccc3-c3ccccc3)c3cccc4ccccc34)ccc2N2c3c(cccc3-c3ccccc3)Oc3cccc1c32. The molecule has 8 aromatic carbocycles. The van der Waals surface area contributed by atoms with Gasteiger partial charge in [-0.2, -0.15) is 0 Å². The molecule has 0 saturated carbocycles. The monoisotopic (exact) mass is 668 g/mol. The lowest BCUT2D eigenvalue weighted by molar-refractivity contribution is 0.471. The maximum atomic E-state index is 6.72. The maximum Gasteiger partial charge on any atom is 0.152 e. The lowest BCUT2D eigenvalue weighted by atomic mass is 9.72. The first-order valence-electron chi connectivity index (χ1n) is 17.9. The summed E-state index contributed by atoms with van der Waals surface area (Å²) >= 11 is 0. The normalized spacial score (nSPS) is 13.5. The molecule has 248 valence electrons. The fourth-order valence-electron chi connectivity index (χ4n) is 8.34. The first-order valence-corrected chi connectivity index (χ1v) is 17.9. The van der Waals surface area contributed by atoms with Gasteiger partial charge in [0.15, 0.2) is 11.5 Å². The summed E-state index contributed by atoms with van der Waals surface area (Å²) in [4.78, 5) is 4.91. The fourth-order valence-corrected chi connectivity index (χ4v) is 8.34. The number of fused-ring (bicyclic) bond motifs is 5. The molecule has 52 heavy (non-hydrogen) atoms. The van der Waals surface area contributed by atoms with Crippen LogP contribution in [-0.4, -0.2) is 0 Å². The molecule has 0 radical (unpaired) electrons. The van der Waals surface area contributed by atoms with Crippen molar-refractivity contribution in [2.75, 3.05) is 9.80 Å². The van der Waals surface area contributed by atoms with E-state index in [4.69, 9.17) is 4.74 Å². The van der Waals surface area contributed by atoms with E-state index < -0.39 is 0 Å². The number of benzene rings is 8. The second-order valence-corrected chi connectivity index (χ2v) is 14.2. The lowest BCUT2D eigenvalue weighted by Gasteiger charge is -2.46. The Morgan fingerprint density at radius 1 is 0.481 bits per heavy atom. The zero-order valence-electron chi connectivity index (χ0n) is 29.1. The van der Waals surface area contributed by atoms with Gasteiger partial charge in [0.1, 0.15) is 0 Å². The minimum Gasteiger partial charge on any atom is -0.453 e. The van der Waals surface area contributed by atoms with Crippen molar-refractivity contribution in [1.82, 2.24) is 0 Å². The van der Waals surface area contributed by atoms with Gasteiger partial charge in [0.2, 0.25) is 0 Å². The number of hydrogen-bond acceptors (Lipinski definition) is 3. The van der Waals surface area contributed by atoms with Crippen LogP contribution in [0.5, 0.6) is 11.5 Å². The fraction of sp³-hybridized carbons (Fsp3) is 0.0612. The van der Waals surface area contributed by atoms with Crippen molar-refractivity contribution >= 4 is 44.9 Å². The minimum atomic E-state index is -0.320. The van der Waals surface area contributed by atoms with Crippen LogP contribution in [0.1, 0.15) is 25.0 Å². The first kappa shape index (κ1) is 30.3. The molecule has 10 rings (SSSR count). The zero-order valence-corrected chi connectivity index (χ0v) is 29.1. The van der Waals surface area contributed by atoms with Crippen LogP contribution in [-0.2, 0) is 5.41 Å². The Bertz CT molecular complexity index is 2640. The molecule has 0 amide bonds. The second-order valence-electron chi connectivity index (χ2n) is 14.2. The van der Waals surface area contributed by atoms with E-state index in [0.29, 0.717) is 0 Å². The van der Waals surface area contributed by atoms with Crippen molar-refractivity contribution in [1.29, 1.82) is 0 Å². The summed E-state index contributed by atoms with van der Waals surface area (Å²) in [6, 6.07) is 65.4. The molecule has 0 unspecified atom stereocenters. The van der Waals surface area contributed by atoms with Gasteiger partial charge in [-0.05, 0) is 70.1 Å². The zero-order chi connectivity index (χ0) is 34.8. The number of hydrogen-bond donors (Lipinski definition) is 0. The molecule has 2 heterocycles. The van der Waals surface area contributed by atoms with Gasteiger partial charge in [-0.15, -0.1) is 0 Å². The number of para-hydroxylation sites is 3. The van der Waals surface area contributed by atoms with Gasteiger partial charge in [0.05, 0.1) is 28.4 Å². The third kappa shape index (κ3) is 4.59. The van der Waals surface area contributed by atoms with Crippen LogP contribution in [0, 0.1) is 0 Å². The van der Waals surface area contributed by atoms with Gasteiger partial charge in [0, 0.05) is 27.6 Å². The molecular formula is C49H36N2O. The molecule has 2 aliphatic rings. The van der Waals surface area contributed by atoms with Crippen molar-refractivity contribution in [3.8, 4) is 33.8 Å². The van der Waals surface area contributed by atoms with E-state index in [1.807, 2.05) is 0 Å². The average Bonchev–Trinajstić information content (AvgIpc) is 3.20. The molecule has 0 saturated heterocycles. The largest absolute Gasteiger partial charge is 0.453 e. The van der Waals surface area contributed by atoms with Crippen LogP contribution in [0.15, 0.2) is 182 Å². The van der Waals surface area contributed by atoms with Gasteiger partial charge in [0.25, 0.3) is 0 Å². The summed E-state index contributed by atoms with van der Waals surface area (Å²) in [5, 5.41) is 2.41. The van der Waals surface area contributed by atoms with Gasteiger partial charge in [-0.1, -0.05) is 153 Å². The summed E-state index contributed by atoms with van der Waals surface area (Å²) in [5.41, 5.74) is 13.6. The molecule has 0 fully saturated rings. The standard InChI is InChI=1S/C49H36N2O/c1-49(2)40-25-15-29-46-48(40)51(47-39(24-14-28-45(47)52-46)35-18-7-4-8-19-35)44-31-30-36(32-41(44)49)50(43-27-13-21-34-20-9-10-22-38(34)43)42-26-12-11-23-37(42)33-16-5-3-6-17-33/h3-32H,1-2H3. The quantitative estimate of drug-likeness (QED) is 0.182. The molecule has 0 atom stereocenters. The van der Waals surface area contributed by atoms with Crippen molar-refractivity contribution in [3.63, 3.8) is 0 Å². The van der Waals surface area contributed by atoms with Crippen LogP contribution in [0.4, 0.5) is 34.1 Å². The van der Waals surface area contributed by atoms with E-state index in [9.17, 15) is 0 Å². The molecule has 0 N–H and O–H groups in total. The number of ether oxygens (including phenoxy) is 1. The molecular weight excluding hydrogens is 633 g/mol. The van der Waals surface area contributed by atoms with Crippen molar-refractivity contribution in [2.24, 2.45) is 0 Å². The van der Waals surface area contributed by atoms with Crippen LogP contribution in [0.25, 0.3) is 33.0 Å². The number of anilines is 6. The predicted molar refractivity (Wildman–Crippen MR) is 216 cm³/mol. The van der Waals surface area contributed by atoms with Gasteiger partial charge >= 0.3 is 0 Å². The molecule has 8 aromatic rings. The molecule has 2 aliphatic heterocycles. The molecule has 3 heteroatoms. The Kier molecular flexibility index (Phi) is 6.84. The summed E-state index contributed by atoms with van der Waals surface area (Å²) in [6.07, 6.45) is 0. The van der Waals surface area contributed by atoms with Gasteiger partial charge < -0.3 is 14.5 Å². The average molecular weight is 669 g/mol.